The minimum absolute atomic E-state index is 0. The van der Waals surface area contributed by atoms with Crippen molar-refractivity contribution in [1.29, 1.82) is 0 Å². The van der Waals surface area contributed by atoms with Gasteiger partial charge in [-0.15, -0.1) is 24.0 Å². The number of imide groups is 1. The van der Waals surface area contributed by atoms with Crippen LogP contribution in [0.3, 0.4) is 0 Å². The Balaban J connectivity index is 0.00000225. The largest absolute Gasteiger partial charge is 0.357 e. The van der Waals surface area contributed by atoms with E-state index in [0.717, 1.165) is 56.6 Å². The van der Waals surface area contributed by atoms with Gasteiger partial charge in [0.05, 0.1) is 19.6 Å². The van der Waals surface area contributed by atoms with Crippen LogP contribution in [-0.2, 0) is 4.79 Å². The summed E-state index contributed by atoms with van der Waals surface area (Å²) in [5.74, 6) is 2.66. The second-order valence-corrected chi connectivity index (χ2v) is 8.20. The van der Waals surface area contributed by atoms with E-state index in [0.29, 0.717) is 13.1 Å². The molecule has 8 nitrogen and oxygen atoms in total. The standard InChI is InChI=1S/C19H32N6O2.HI/c1-2-20-18(21-5-6-25-17(26)13-22-19(25)27)24-9-7-23(8-10-24)16-12-14-3-4-15(16)11-14;/h14-16H,2-13H2,1H3,(H,20,21)(H,22,27);1H. The first-order chi connectivity index (χ1) is 13.2. The monoisotopic (exact) mass is 504 g/mol. The number of rotatable bonds is 5. The Morgan fingerprint density at radius 1 is 1.18 bits per heavy atom. The van der Waals surface area contributed by atoms with Crippen LogP contribution >= 0.6 is 24.0 Å². The summed E-state index contributed by atoms with van der Waals surface area (Å²) in [5, 5.41) is 5.91. The van der Waals surface area contributed by atoms with E-state index in [1.807, 2.05) is 0 Å². The number of hydrogen-bond donors (Lipinski definition) is 2. The smallest absolute Gasteiger partial charge is 0.324 e. The number of halogens is 1. The summed E-state index contributed by atoms with van der Waals surface area (Å²) in [4.78, 5) is 34.2. The Hall–Kier alpha value is -1.10. The zero-order valence-corrected chi connectivity index (χ0v) is 19.1. The Morgan fingerprint density at radius 3 is 2.54 bits per heavy atom. The maximum Gasteiger partial charge on any atom is 0.324 e. The van der Waals surface area contributed by atoms with Crippen LogP contribution in [0.1, 0.15) is 32.6 Å². The second-order valence-electron chi connectivity index (χ2n) is 8.20. The number of nitrogens with one attached hydrogen (secondary N) is 2. The number of carbonyl (C=O) groups excluding carboxylic acids is 2. The van der Waals surface area contributed by atoms with Crippen LogP contribution in [0.4, 0.5) is 4.79 Å². The first-order valence-corrected chi connectivity index (χ1v) is 10.5. The number of fused-ring (bicyclic) bond motifs is 2. The van der Waals surface area contributed by atoms with Gasteiger partial charge in [-0.3, -0.25) is 19.6 Å². The molecule has 2 bridgehead atoms. The predicted molar refractivity (Wildman–Crippen MR) is 119 cm³/mol. The molecule has 2 aliphatic carbocycles. The molecule has 4 rings (SSSR count). The summed E-state index contributed by atoms with van der Waals surface area (Å²) in [6.45, 7) is 7.95. The van der Waals surface area contributed by atoms with Gasteiger partial charge < -0.3 is 15.5 Å². The average Bonchev–Trinajstić information content (AvgIpc) is 3.39. The molecule has 2 aliphatic heterocycles. The molecule has 0 aromatic carbocycles. The number of urea groups is 1. The molecule has 0 spiro atoms. The zero-order chi connectivity index (χ0) is 18.8. The van der Waals surface area contributed by atoms with Gasteiger partial charge in [-0.2, -0.15) is 0 Å². The maximum absolute atomic E-state index is 11.7. The number of nitrogens with zero attached hydrogens (tertiary/aromatic N) is 4. The Morgan fingerprint density at radius 2 is 1.96 bits per heavy atom. The van der Waals surface area contributed by atoms with Crippen LogP contribution in [-0.4, -0.2) is 91.0 Å². The van der Waals surface area contributed by atoms with Gasteiger partial charge in [0.25, 0.3) is 0 Å². The zero-order valence-electron chi connectivity index (χ0n) is 16.7. The number of aliphatic imine (C=N–C) groups is 1. The lowest BCUT2D eigenvalue weighted by atomic mass is 9.93. The van der Waals surface area contributed by atoms with Crippen LogP contribution in [0.25, 0.3) is 0 Å². The molecule has 3 amide bonds. The molecule has 3 atom stereocenters. The summed E-state index contributed by atoms with van der Waals surface area (Å²) in [7, 11) is 0. The molecule has 3 unspecified atom stereocenters. The molecule has 28 heavy (non-hydrogen) atoms. The first-order valence-electron chi connectivity index (χ1n) is 10.5. The number of hydrogen-bond acceptors (Lipinski definition) is 4. The van der Waals surface area contributed by atoms with E-state index in [2.05, 4.69) is 32.3 Å². The molecule has 4 fully saturated rings. The number of carbonyl (C=O) groups is 2. The third-order valence-electron chi connectivity index (χ3n) is 6.64. The van der Waals surface area contributed by atoms with Gasteiger partial charge in [0.15, 0.2) is 5.96 Å². The highest BCUT2D eigenvalue weighted by molar-refractivity contribution is 14.0. The Labute approximate surface area is 184 Å². The molecule has 9 heteroatoms. The van der Waals surface area contributed by atoms with Crippen LogP contribution in [0.2, 0.25) is 0 Å². The quantitative estimate of drug-likeness (QED) is 0.252. The van der Waals surface area contributed by atoms with Crippen LogP contribution in [0.5, 0.6) is 0 Å². The van der Waals surface area contributed by atoms with Crippen molar-refractivity contribution >= 4 is 41.9 Å². The lowest BCUT2D eigenvalue weighted by molar-refractivity contribution is -0.124. The number of amides is 3. The molecule has 2 N–H and O–H groups in total. The van der Waals surface area contributed by atoms with Gasteiger partial charge >= 0.3 is 6.03 Å². The summed E-state index contributed by atoms with van der Waals surface area (Å²) >= 11 is 0. The molecule has 158 valence electrons. The van der Waals surface area contributed by atoms with E-state index in [1.54, 1.807) is 0 Å². The summed E-state index contributed by atoms with van der Waals surface area (Å²) in [5.41, 5.74) is 0. The third kappa shape index (κ3) is 4.55. The van der Waals surface area contributed by atoms with Crippen molar-refractivity contribution < 1.29 is 9.59 Å². The van der Waals surface area contributed by atoms with Gasteiger partial charge in [0.1, 0.15) is 0 Å². The average molecular weight is 504 g/mol. The van der Waals surface area contributed by atoms with Crippen molar-refractivity contribution in [2.45, 2.75) is 38.6 Å². The van der Waals surface area contributed by atoms with E-state index >= 15 is 0 Å². The SMILES string of the molecule is CCNC(=NCCN1C(=O)CNC1=O)N1CCN(C2CC3CCC2C3)CC1.I. The van der Waals surface area contributed by atoms with Gasteiger partial charge in [0.2, 0.25) is 5.91 Å². The van der Waals surface area contributed by atoms with E-state index < -0.39 is 0 Å². The fourth-order valence-electron chi connectivity index (χ4n) is 5.29. The van der Waals surface area contributed by atoms with Crippen molar-refractivity contribution in [3.05, 3.63) is 0 Å². The van der Waals surface area contributed by atoms with E-state index in [9.17, 15) is 9.59 Å². The minimum Gasteiger partial charge on any atom is -0.357 e. The summed E-state index contributed by atoms with van der Waals surface area (Å²) in [6, 6.07) is 0.504. The highest BCUT2D eigenvalue weighted by atomic mass is 127. The van der Waals surface area contributed by atoms with Crippen molar-refractivity contribution in [1.82, 2.24) is 25.3 Å². The molecule has 2 saturated heterocycles. The van der Waals surface area contributed by atoms with Crippen LogP contribution in [0, 0.1) is 11.8 Å². The number of piperazine rings is 1. The Kier molecular flexibility index (Phi) is 7.41. The molecule has 0 aromatic rings. The highest BCUT2D eigenvalue weighted by Crippen LogP contribution is 2.46. The minimum atomic E-state index is -0.306. The first kappa shape index (κ1) is 21.6. The molecular weight excluding hydrogens is 471 g/mol. The summed E-state index contributed by atoms with van der Waals surface area (Å²) < 4.78 is 0. The molecule has 4 aliphatic rings. The molecular formula is C19H33IN6O2. The molecule has 2 saturated carbocycles. The third-order valence-corrected chi connectivity index (χ3v) is 6.64. The number of guanidine groups is 1. The molecule has 0 aromatic heterocycles. The van der Waals surface area contributed by atoms with Gasteiger partial charge in [-0.25, -0.2) is 4.79 Å². The van der Waals surface area contributed by atoms with Crippen molar-refractivity contribution in [2.75, 3.05) is 52.4 Å². The topological polar surface area (TPSA) is 80.3 Å². The van der Waals surface area contributed by atoms with E-state index in [1.165, 1.54) is 30.6 Å². The fourth-order valence-corrected chi connectivity index (χ4v) is 5.29. The van der Waals surface area contributed by atoms with Crippen LogP contribution < -0.4 is 10.6 Å². The lowest BCUT2D eigenvalue weighted by Gasteiger charge is -2.42. The fraction of sp³-hybridized carbons (Fsp3) is 0.842. The second kappa shape index (κ2) is 9.60. The normalized spacial score (nSPS) is 30.6. The predicted octanol–water partition coefficient (Wildman–Crippen LogP) is 0.928. The van der Waals surface area contributed by atoms with Gasteiger partial charge in [-0.1, -0.05) is 6.42 Å². The van der Waals surface area contributed by atoms with E-state index in [4.69, 9.17) is 0 Å². The summed E-state index contributed by atoms with van der Waals surface area (Å²) in [6.07, 6.45) is 5.75. The van der Waals surface area contributed by atoms with Gasteiger partial charge in [-0.05, 0) is 38.0 Å². The van der Waals surface area contributed by atoms with Crippen LogP contribution in [0.15, 0.2) is 4.99 Å². The maximum atomic E-state index is 11.7. The van der Waals surface area contributed by atoms with Crippen molar-refractivity contribution in [2.24, 2.45) is 16.8 Å². The molecule has 0 radical (unpaired) electrons. The lowest BCUT2D eigenvalue weighted by Crippen LogP contribution is -2.55. The van der Waals surface area contributed by atoms with Crippen molar-refractivity contribution in [3.63, 3.8) is 0 Å². The van der Waals surface area contributed by atoms with Crippen molar-refractivity contribution in [3.8, 4) is 0 Å². The van der Waals surface area contributed by atoms with Gasteiger partial charge in [0, 0.05) is 38.8 Å². The molecule has 2 heterocycles. The highest BCUT2D eigenvalue weighted by Gasteiger charge is 2.42. The van der Waals surface area contributed by atoms with E-state index in [-0.39, 0.29) is 42.5 Å². The Bertz CT molecular complexity index is 591.